The summed E-state index contributed by atoms with van der Waals surface area (Å²) >= 11 is 0. The van der Waals surface area contributed by atoms with E-state index in [0.29, 0.717) is 11.0 Å². The van der Waals surface area contributed by atoms with Gasteiger partial charge in [-0.2, -0.15) is 0 Å². The van der Waals surface area contributed by atoms with E-state index >= 15 is 0 Å². The van der Waals surface area contributed by atoms with Gasteiger partial charge in [0.1, 0.15) is 11.3 Å². The van der Waals surface area contributed by atoms with E-state index in [1.54, 1.807) is 19.1 Å². The van der Waals surface area contributed by atoms with Gasteiger partial charge in [-0.05, 0) is 25.1 Å². The summed E-state index contributed by atoms with van der Waals surface area (Å²) in [4.78, 5) is 22.8. The summed E-state index contributed by atoms with van der Waals surface area (Å²) in [6, 6.07) is 5.97. The van der Waals surface area contributed by atoms with E-state index < -0.39 is 11.8 Å². The molecular weight excluding hydrogens is 224 g/mol. The number of rotatable bonds is 3. The lowest BCUT2D eigenvalue weighted by molar-refractivity contribution is -0.137. The van der Waals surface area contributed by atoms with Crippen molar-refractivity contribution in [2.24, 2.45) is 0 Å². The lowest BCUT2D eigenvalue weighted by atomic mass is 10.2. The maximum atomic E-state index is 11.6. The third-order valence-corrected chi connectivity index (χ3v) is 2.22. The molecule has 0 aliphatic heterocycles. The average molecular weight is 234 g/mol. The van der Waals surface area contributed by atoms with Crippen LogP contribution in [0.4, 0.5) is 0 Å². The van der Waals surface area contributed by atoms with E-state index in [1.165, 1.54) is 12.1 Å². The molecule has 0 unspecified atom stereocenters. The summed E-state index contributed by atoms with van der Waals surface area (Å²) < 4.78 is 9.74. The molecule has 1 aromatic carbocycles. The molecule has 17 heavy (non-hydrogen) atoms. The van der Waals surface area contributed by atoms with Crippen molar-refractivity contribution in [3.05, 3.63) is 30.0 Å². The van der Waals surface area contributed by atoms with E-state index in [2.05, 4.69) is 4.74 Å². The maximum Gasteiger partial charge on any atom is 0.383 e. The fourth-order valence-electron chi connectivity index (χ4n) is 1.45. The lowest BCUT2D eigenvalue weighted by Crippen LogP contribution is -2.16. The molecule has 88 valence electrons. The van der Waals surface area contributed by atoms with Crippen molar-refractivity contribution in [1.29, 1.82) is 0 Å². The predicted octanol–water partition coefficient (Wildman–Crippen LogP) is 1.88. The van der Waals surface area contributed by atoms with Gasteiger partial charge in [0.15, 0.2) is 5.76 Å². The molecule has 5 nitrogen and oxygen atoms in total. The Labute approximate surface area is 96.6 Å². The van der Waals surface area contributed by atoms with E-state index in [0.717, 1.165) is 0 Å². The Morgan fingerprint density at radius 1 is 1.41 bits per heavy atom. The highest BCUT2D eigenvalue weighted by Crippen LogP contribution is 2.27. The molecule has 1 aromatic heterocycles. The second kappa shape index (κ2) is 4.29. The monoisotopic (exact) mass is 234 g/mol. The minimum Gasteiger partial charge on any atom is -0.507 e. The molecular formula is C12H10O5. The third-order valence-electron chi connectivity index (χ3n) is 2.22. The summed E-state index contributed by atoms with van der Waals surface area (Å²) in [6.45, 7) is 1.73. The van der Waals surface area contributed by atoms with Gasteiger partial charge >= 0.3 is 11.8 Å². The van der Waals surface area contributed by atoms with Crippen LogP contribution in [0.5, 0.6) is 5.75 Å². The van der Waals surface area contributed by atoms with Crippen molar-refractivity contribution in [2.45, 2.75) is 6.92 Å². The maximum absolute atomic E-state index is 11.6. The molecule has 5 heteroatoms. The summed E-state index contributed by atoms with van der Waals surface area (Å²) in [5, 5.41) is 9.91. The van der Waals surface area contributed by atoms with Crippen LogP contribution >= 0.6 is 0 Å². The highest BCUT2D eigenvalue weighted by atomic mass is 16.5. The van der Waals surface area contributed by atoms with Gasteiger partial charge in [0.05, 0.1) is 12.0 Å². The molecule has 0 radical (unpaired) electrons. The van der Waals surface area contributed by atoms with Crippen LogP contribution in [0.25, 0.3) is 11.0 Å². The van der Waals surface area contributed by atoms with Gasteiger partial charge in [-0.15, -0.1) is 0 Å². The standard InChI is InChI=1S/C12H10O5/c1-2-16-12(15)11(14)10-6-7-8(13)4-3-5-9(7)17-10/h3-6,13H,2H2,1H3. The van der Waals surface area contributed by atoms with E-state index in [1.807, 2.05) is 0 Å². The smallest absolute Gasteiger partial charge is 0.383 e. The van der Waals surface area contributed by atoms with Crippen molar-refractivity contribution >= 4 is 22.7 Å². The summed E-state index contributed by atoms with van der Waals surface area (Å²) in [5.74, 6) is -1.97. The molecule has 0 fully saturated rings. The van der Waals surface area contributed by atoms with Crippen LogP contribution in [0.15, 0.2) is 28.7 Å². The van der Waals surface area contributed by atoms with Crippen LogP contribution in [0.3, 0.4) is 0 Å². The Kier molecular flexibility index (Phi) is 2.82. The van der Waals surface area contributed by atoms with E-state index in [-0.39, 0.29) is 18.1 Å². The second-order valence-electron chi connectivity index (χ2n) is 3.35. The molecule has 1 N–H and O–H groups in total. The van der Waals surface area contributed by atoms with Gasteiger partial charge in [0, 0.05) is 0 Å². The first-order chi connectivity index (χ1) is 8.13. The number of hydrogen-bond acceptors (Lipinski definition) is 5. The molecule has 2 rings (SSSR count). The topological polar surface area (TPSA) is 76.7 Å². The summed E-state index contributed by atoms with van der Waals surface area (Å²) in [6.07, 6.45) is 0. The third kappa shape index (κ3) is 1.99. The number of furan rings is 1. The zero-order chi connectivity index (χ0) is 12.4. The number of phenols is 1. The van der Waals surface area contributed by atoms with Crippen LogP contribution in [0.1, 0.15) is 17.5 Å². The van der Waals surface area contributed by atoms with E-state index in [9.17, 15) is 14.7 Å². The number of benzene rings is 1. The van der Waals surface area contributed by atoms with Crippen molar-refractivity contribution in [1.82, 2.24) is 0 Å². The molecule has 0 saturated heterocycles. The number of carbonyl (C=O) groups excluding carboxylic acids is 2. The number of carbonyl (C=O) groups is 2. The van der Waals surface area contributed by atoms with Crippen LogP contribution in [-0.4, -0.2) is 23.5 Å². The molecule has 1 heterocycles. The fraction of sp³-hybridized carbons (Fsp3) is 0.167. The van der Waals surface area contributed by atoms with Crippen molar-refractivity contribution in [3.8, 4) is 5.75 Å². The van der Waals surface area contributed by atoms with Crippen LogP contribution in [-0.2, 0) is 9.53 Å². The first kappa shape index (κ1) is 11.2. The number of Topliss-reactive ketones (excluding diaryl/α,β-unsaturated/α-hetero) is 1. The largest absolute Gasteiger partial charge is 0.507 e. The number of aromatic hydroxyl groups is 1. The molecule has 0 bridgehead atoms. The first-order valence-corrected chi connectivity index (χ1v) is 5.06. The number of hydrogen-bond donors (Lipinski definition) is 1. The van der Waals surface area contributed by atoms with Crippen molar-refractivity contribution in [3.63, 3.8) is 0 Å². The molecule has 0 atom stereocenters. The molecule has 0 aliphatic rings. The summed E-state index contributed by atoms with van der Waals surface area (Å²) in [7, 11) is 0. The number of ketones is 1. The van der Waals surface area contributed by atoms with Crippen LogP contribution in [0.2, 0.25) is 0 Å². The molecule has 2 aromatic rings. The Morgan fingerprint density at radius 3 is 2.82 bits per heavy atom. The van der Waals surface area contributed by atoms with Crippen LogP contribution < -0.4 is 0 Å². The Morgan fingerprint density at radius 2 is 2.18 bits per heavy atom. The average Bonchev–Trinajstić information content (AvgIpc) is 2.73. The predicted molar refractivity (Wildman–Crippen MR) is 58.8 cm³/mol. The van der Waals surface area contributed by atoms with Gasteiger partial charge in [-0.3, -0.25) is 4.79 Å². The quantitative estimate of drug-likeness (QED) is 0.498. The highest BCUT2D eigenvalue weighted by Gasteiger charge is 2.22. The highest BCUT2D eigenvalue weighted by molar-refractivity contribution is 6.40. The Bertz CT molecular complexity index is 582. The molecule has 0 saturated carbocycles. The minimum atomic E-state index is -0.967. The normalized spacial score (nSPS) is 10.4. The van der Waals surface area contributed by atoms with Gasteiger partial charge < -0.3 is 14.3 Å². The zero-order valence-electron chi connectivity index (χ0n) is 9.10. The molecule has 0 amide bonds. The molecule has 0 aliphatic carbocycles. The Balaban J connectivity index is 2.40. The summed E-state index contributed by atoms with van der Waals surface area (Å²) in [5.41, 5.74) is 0.345. The fourth-order valence-corrected chi connectivity index (χ4v) is 1.45. The SMILES string of the molecule is CCOC(=O)C(=O)c1cc2c(O)cccc2o1. The van der Waals surface area contributed by atoms with E-state index in [4.69, 9.17) is 4.42 Å². The van der Waals surface area contributed by atoms with Gasteiger partial charge in [-0.25, -0.2) is 4.79 Å². The van der Waals surface area contributed by atoms with Gasteiger partial charge in [-0.1, -0.05) is 6.07 Å². The van der Waals surface area contributed by atoms with Crippen LogP contribution in [0, 0.1) is 0 Å². The number of fused-ring (bicyclic) bond motifs is 1. The number of esters is 1. The second-order valence-corrected chi connectivity index (χ2v) is 3.35. The zero-order valence-corrected chi connectivity index (χ0v) is 9.10. The number of ether oxygens (including phenoxy) is 1. The molecule has 0 spiro atoms. The minimum absolute atomic E-state index is 0.00541. The van der Waals surface area contributed by atoms with Crippen molar-refractivity contribution in [2.75, 3.05) is 6.61 Å². The number of phenolic OH excluding ortho intramolecular Hbond substituents is 1. The lowest BCUT2D eigenvalue weighted by Gasteiger charge is -1.96. The van der Waals surface area contributed by atoms with Gasteiger partial charge in [0.2, 0.25) is 0 Å². The first-order valence-electron chi connectivity index (χ1n) is 5.06. The van der Waals surface area contributed by atoms with Crippen molar-refractivity contribution < 1.29 is 23.8 Å². The Hall–Kier alpha value is -2.30. The van der Waals surface area contributed by atoms with Gasteiger partial charge in [0.25, 0.3) is 0 Å².